The molecule has 7 heteroatoms. The smallest absolute Gasteiger partial charge is 0.236 e. The highest BCUT2D eigenvalue weighted by molar-refractivity contribution is 7.91. The van der Waals surface area contributed by atoms with E-state index in [1.807, 2.05) is 0 Å². The van der Waals surface area contributed by atoms with E-state index in [0.717, 1.165) is 6.07 Å². The first kappa shape index (κ1) is 15.6. The van der Waals surface area contributed by atoms with Gasteiger partial charge in [0.2, 0.25) is 10.0 Å². The van der Waals surface area contributed by atoms with Gasteiger partial charge in [-0.25, -0.2) is 12.8 Å². The van der Waals surface area contributed by atoms with Gasteiger partial charge in [-0.05, 0) is 29.8 Å². The van der Waals surface area contributed by atoms with Crippen molar-refractivity contribution in [3.05, 3.63) is 58.9 Å². The fraction of sp³-hybridized carbons (Fsp3) is 0.143. The predicted octanol–water partition coefficient (Wildman–Crippen LogP) is 3.43. The standard InChI is InChI=1S/C14H13ClFNO3S/c1-20-14-7-6-12(8-13(14)16)17-21(18,19)9-10-2-4-11(15)5-3-10/h2-8,17H,9H2,1H3. The zero-order chi connectivity index (χ0) is 15.5. The van der Waals surface area contributed by atoms with Crippen LogP contribution < -0.4 is 9.46 Å². The minimum atomic E-state index is -3.64. The summed E-state index contributed by atoms with van der Waals surface area (Å²) in [5.74, 6) is -0.808. The van der Waals surface area contributed by atoms with Gasteiger partial charge in [-0.2, -0.15) is 0 Å². The normalized spacial score (nSPS) is 11.2. The Bertz CT molecular complexity index is 732. The maximum absolute atomic E-state index is 13.5. The van der Waals surface area contributed by atoms with Crippen LogP contribution in [-0.4, -0.2) is 15.5 Å². The summed E-state index contributed by atoms with van der Waals surface area (Å²) in [6.07, 6.45) is 0. The van der Waals surface area contributed by atoms with Crippen molar-refractivity contribution < 1.29 is 17.5 Å². The van der Waals surface area contributed by atoms with E-state index in [1.165, 1.54) is 19.2 Å². The largest absolute Gasteiger partial charge is 0.494 e. The van der Waals surface area contributed by atoms with E-state index in [1.54, 1.807) is 24.3 Å². The number of hydrogen-bond acceptors (Lipinski definition) is 3. The molecule has 112 valence electrons. The Labute approximate surface area is 127 Å². The molecule has 0 unspecified atom stereocenters. The van der Waals surface area contributed by atoms with Gasteiger partial charge in [0, 0.05) is 11.1 Å². The highest BCUT2D eigenvalue weighted by atomic mass is 35.5. The summed E-state index contributed by atoms with van der Waals surface area (Å²) in [5, 5.41) is 0.529. The molecule has 0 radical (unpaired) electrons. The molecule has 0 spiro atoms. The van der Waals surface area contributed by atoms with Gasteiger partial charge in [-0.15, -0.1) is 0 Å². The summed E-state index contributed by atoms with van der Waals surface area (Å²) < 4.78 is 44.7. The van der Waals surface area contributed by atoms with E-state index in [9.17, 15) is 12.8 Å². The molecule has 0 fully saturated rings. The van der Waals surface area contributed by atoms with E-state index in [0.29, 0.717) is 10.6 Å². The van der Waals surface area contributed by atoms with Gasteiger partial charge >= 0.3 is 0 Å². The van der Waals surface area contributed by atoms with Crippen molar-refractivity contribution in [2.75, 3.05) is 11.8 Å². The Hall–Kier alpha value is -1.79. The first-order valence-electron chi connectivity index (χ1n) is 5.98. The second-order valence-corrected chi connectivity index (χ2v) is 6.50. The molecule has 0 aromatic heterocycles. The summed E-state index contributed by atoms with van der Waals surface area (Å²) in [4.78, 5) is 0. The molecule has 0 amide bonds. The van der Waals surface area contributed by atoms with E-state index in [2.05, 4.69) is 4.72 Å². The summed E-state index contributed by atoms with van der Waals surface area (Å²) in [7, 11) is -2.30. The minimum absolute atomic E-state index is 0.0515. The lowest BCUT2D eigenvalue weighted by Crippen LogP contribution is -2.15. The Morgan fingerprint density at radius 2 is 1.86 bits per heavy atom. The number of methoxy groups -OCH3 is 1. The Morgan fingerprint density at radius 1 is 1.19 bits per heavy atom. The van der Waals surface area contributed by atoms with Crippen LogP contribution in [0.2, 0.25) is 5.02 Å². The van der Waals surface area contributed by atoms with Gasteiger partial charge in [0.25, 0.3) is 0 Å². The molecule has 0 aliphatic heterocycles. The number of nitrogens with one attached hydrogen (secondary N) is 1. The molecule has 2 aromatic carbocycles. The molecule has 0 bridgehead atoms. The zero-order valence-electron chi connectivity index (χ0n) is 11.1. The minimum Gasteiger partial charge on any atom is -0.494 e. The Morgan fingerprint density at radius 3 is 2.43 bits per heavy atom. The Kier molecular flexibility index (Phi) is 4.69. The van der Waals surface area contributed by atoms with Crippen molar-refractivity contribution in [1.29, 1.82) is 0 Å². The molecule has 0 aliphatic rings. The number of benzene rings is 2. The van der Waals surface area contributed by atoms with Crippen LogP contribution in [0.1, 0.15) is 5.56 Å². The van der Waals surface area contributed by atoms with Gasteiger partial charge in [0.1, 0.15) is 0 Å². The van der Waals surface area contributed by atoms with Crippen molar-refractivity contribution in [2.24, 2.45) is 0 Å². The van der Waals surface area contributed by atoms with Crippen LogP contribution in [0.15, 0.2) is 42.5 Å². The summed E-state index contributed by atoms with van der Waals surface area (Å²) >= 11 is 5.74. The number of halogens is 2. The van der Waals surface area contributed by atoms with Gasteiger partial charge in [-0.3, -0.25) is 4.72 Å². The van der Waals surface area contributed by atoms with Crippen LogP contribution in [-0.2, 0) is 15.8 Å². The molecule has 2 rings (SSSR count). The van der Waals surface area contributed by atoms with Crippen molar-refractivity contribution in [3.63, 3.8) is 0 Å². The van der Waals surface area contributed by atoms with Gasteiger partial charge in [0.05, 0.1) is 18.6 Å². The van der Waals surface area contributed by atoms with Gasteiger partial charge in [0.15, 0.2) is 11.6 Å². The van der Waals surface area contributed by atoms with Crippen LogP contribution in [0.4, 0.5) is 10.1 Å². The second-order valence-electron chi connectivity index (χ2n) is 4.34. The molecule has 4 nitrogen and oxygen atoms in total. The number of anilines is 1. The lowest BCUT2D eigenvalue weighted by molar-refractivity contribution is 0.386. The molecule has 0 saturated heterocycles. The quantitative estimate of drug-likeness (QED) is 0.914. The van der Waals surface area contributed by atoms with Crippen molar-refractivity contribution >= 4 is 27.3 Å². The van der Waals surface area contributed by atoms with Crippen molar-refractivity contribution in [2.45, 2.75) is 5.75 Å². The molecular formula is C14H13ClFNO3S. The van der Waals surface area contributed by atoms with E-state index < -0.39 is 15.8 Å². The Balaban J connectivity index is 2.13. The molecule has 0 atom stereocenters. The first-order valence-corrected chi connectivity index (χ1v) is 8.01. The zero-order valence-corrected chi connectivity index (χ0v) is 12.7. The van der Waals surface area contributed by atoms with Crippen molar-refractivity contribution in [1.82, 2.24) is 0 Å². The average Bonchev–Trinajstić information content (AvgIpc) is 2.41. The summed E-state index contributed by atoms with van der Waals surface area (Å²) in [6, 6.07) is 10.3. The number of rotatable bonds is 5. The molecule has 21 heavy (non-hydrogen) atoms. The maximum Gasteiger partial charge on any atom is 0.236 e. The average molecular weight is 330 g/mol. The van der Waals surface area contributed by atoms with Crippen LogP contribution in [0.5, 0.6) is 5.75 Å². The molecule has 0 saturated carbocycles. The van der Waals surface area contributed by atoms with Crippen LogP contribution >= 0.6 is 11.6 Å². The highest BCUT2D eigenvalue weighted by Crippen LogP contribution is 2.22. The number of hydrogen-bond donors (Lipinski definition) is 1. The SMILES string of the molecule is COc1ccc(NS(=O)(=O)Cc2ccc(Cl)cc2)cc1F. The lowest BCUT2D eigenvalue weighted by atomic mass is 10.2. The van der Waals surface area contributed by atoms with Gasteiger partial charge < -0.3 is 4.74 Å². The van der Waals surface area contributed by atoms with Gasteiger partial charge in [-0.1, -0.05) is 23.7 Å². The first-order chi connectivity index (χ1) is 9.89. The maximum atomic E-state index is 13.5. The lowest BCUT2D eigenvalue weighted by Gasteiger charge is -2.09. The topological polar surface area (TPSA) is 55.4 Å². The molecular weight excluding hydrogens is 317 g/mol. The molecule has 0 aliphatic carbocycles. The van der Waals surface area contributed by atoms with E-state index in [-0.39, 0.29) is 17.2 Å². The monoisotopic (exact) mass is 329 g/mol. The highest BCUT2D eigenvalue weighted by Gasteiger charge is 2.13. The number of ether oxygens (including phenoxy) is 1. The predicted molar refractivity (Wildman–Crippen MR) is 80.7 cm³/mol. The van der Waals surface area contributed by atoms with E-state index >= 15 is 0 Å². The fourth-order valence-corrected chi connectivity index (χ4v) is 3.06. The second kappa shape index (κ2) is 6.32. The third-order valence-electron chi connectivity index (χ3n) is 2.70. The number of sulfonamides is 1. The van der Waals surface area contributed by atoms with Crippen LogP contribution in [0.25, 0.3) is 0 Å². The summed E-state index contributed by atoms with van der Waals surface area (Å²) in [6.45, 7) is 0. The summed E-state index contributed by atoms with van der Waals surface area (Å²) in [5.41, 5.74) is 0.725. The fourth-order valence-electron chi connectivity index (χ4n) is 1.75. The molecule has 0 heterocycles. The van der Waals surface area contributed by atoms with E-state index in [4.69, 9.17) is 16.3 Å². The third kappa shape index (κ3) is 4.34. The van der Waals surface area contributed by atoms with Crippen LogP contribution in [0.3, 0.4) is 0 Å². The molecule has 2 aromatic rings. The molecule has 1 N–H and O–H groups in total. The van der Waals surface area contributed by atoms with Crippen LogP contribution in [0, 0.1) is 5.82 Å². The third-order valence-corrected chi connectivity index (χ3v) is 4.21. The van der Waals surface area contributed by atoms with Crippen molar-refractivity contribution in [3.8, 4) is 5.75 Å².